The summed E-state index contributed by atoms with van der Waals surface area (Å²) in [5.41, 5.74) is 1.42. The van der Waals surface area contributed by atoms with Gasteiger partial charge in [-0.1, -0.05) is 65.1 Å². The van der Waals surface area contributed by atoms with Gasteiger partial charge >= 0.3 is 0 Å². The Morgan fingerprint density at radius 2 is 1.61 bits per heavy atom. The number of hydrogen-bond donors (Lipinski definition) is 1. The van der Waals surface area contributed by atoms with Crippen molar-refractivity contribution >= 4 is 50.7 Å². The number of amides is 1. The zero-order chi connectivity index (χ0) is 31.1. The van der Waals surface area contributed by atoms with E-state index < -0.39 is 16.1 Å². The van der Waals surface area contributed by atoms with Crippen LogP contribution >= 0.6 is 34.8 Å². The van der Waals surface area contributed by atoms with Crippen molar-refractivity contribution in [2.75, 3.05) is 39.4 Å². The number of halogens is 3. The average molecular weight is 685 g/mol. The van der Waals surface area contributed by atoms with Crippen molar-refractivity contribution in [3.8, 4) is 0 Å². The highest BCUT2D eigenvalue weighted by Gasteiger charge is 2.38. The number of nitrogens with one attached hydrogen (secondary N) is 1. The molecular formula is C33H44Cl3N3O4S. The Balaban J connectivity index is 1.04. The van der Waals surface area contributed by atoms with E-state index >= 15 is 0 Å². The summed E-state index contributed by atoms with van der Waals surface area (Å²) in [6.45, 7) is 3.47. The van der Waals surface area contributed by atoms with Gasteiger partial charge in [0.05, 0.1) is 16.7 Å². The monoisotopic (exact) mass is 683 g/mol. The largest absolute Gasteiger partial charge is 0.370 e. The van der Waals surface area contributed by atoms with Crippen molar-refractivity contribution in [1.82, 2.24) is 14.5 Å². The molecule has 0 bridgehead atoms. The minimum absolute atomic E-state index is 0.0128. The molecule has 2 aromatic carbocycles. The summed E-state index contributed by atoms with van der Waals surface area (Å²) >= 11 is 18.4. The number of likely N-dealkylation sites (tertiary alicyclic amines) is 1. The fraction of sp³-hybridized carbons (Fsp3) is 0.606. The first-order valence-electron chi connectivity index (χ1n) is 16.0. The van der Waals surface area contributed by atoms with E-state index in [1.165, 1.54) is 67.2 Å². The van der Waals surface area contributed by atoms with Crippen LogP contribution in [0, 0.1) is 11.8 Å². The fourth-order valence-electron chi connectivity index (χ4n) is 7.31. The lowest BCUT2D eigenvalue weighted by atomic mass is 9.76. The molecule has 5 rings (SSSR count). The van der Waals surface area contributed by atoms with Gasteiger partial charge in [-0.15, -0.1) is 0 Å². The first-order chi connectivity index (χ1) is 21.2. The molecule has 2 heterocycles. The smallest absolute Gasteiger partial charge is 0.246 e. The molecule has 44 heavy (non-hydrogen) atoms. The van der Waals surface area contributed by atoms with Crippen LogP contribution in [0.3, 0.4) is 0 Å². The number of carbonyl (C=O) groups is 1. The molecule has 1 N–H and O–H groups in total. The number of nitrogens with zero attached hydrogens (tertiary/aromatic N) is 2. The molecule has 11 heteroatoms. The van der Waals surface area contributed by atoms with Crippen LogP contribution in [0.5, 0.6) is 0 Å². The Morgan fingerprint density at radius 1 is 0.932 bits per heavy atom. The topological polar surface area (TPSA) is 78.9 Å². The zero-order valence-electron chi connectivity index (χ0n) is 25.2. The molecule has 3 aliphatic rings. The number of hydrogen-bond acceptors (Lipinski definition) is 5. The van der Waals surface area contributed by atoms with E-state index in [-0.39, 0.29) is 39.1 Å². The standard InChI is InChI=1S/C33H44Cl3N3O4S/c34-27-19-29(35)33(30(36)20-27)44(41,42)39-18-6-9-28(39)22-43-23-32(40)37-21-25-10-13-26(14-11-25)31(38-16-4-5-17-38)15-12-24-7-2-1-3-8-24/h1-3,7-8,19-20,25-26,28,31H,4-6,9-18,21-23H2,(H,37,40). The lowest BCUT2D eigenvalue weighted by molar-refractivity contribution is -0.126. The molecule has 2 saturated heterocycles. The molecule has 0 radical (unpaired) electrons. The number of carbonyl (C=O) groups excluding carboxylic acids is 1. The van der Waals surface area contributed by atoms with Gasteiger partial charge in [0.25, 0.3) is 0 Å². The summed E-state index contributed by atoms with van der Waals surface area (Å²) in [4.78, 5) is 15.2. The molecule has 2 atom stereocenters. The number of sulfonamides is 1. The molecule has 1 amide bonds. The second-order valence-corrected chi connectivity index (χ2v) is 15.6. The Hall–Kier alpha value is -1.39. The third-order valence-electron chi connectivity index (χ3n) is 9.60. The molecule has 1 aliphatic carbocycles. The van der Waals surface area contributed by atoms with Crippen LogP contribution in [0.4, 0.5) is 0 Å². The van der Waals surface area contributed by atoms with Gasteiger partial charge < -0.3 is 15.0 Å². The summed E-state index contributed by atoms with van der Waals surface area (Å²) in [5, 5.41) is 3.30. The van der Waals surface area contributed by atoms with Crippen molar-refractivity contribution < 1.29 is 17.9 Å². The molecular weight excluding hydrogens is 641 g/mol. The van der Waals surface area contributed by atoms with Crippen LogP contribution < -0.4 is 5.32 Å². The lowest BCUT2D eigenvalue weighted by Gasteiger charge is -2.39. The van der Waals surface area contributed by atoms with E-state index in [0.717, 1.165) is 25.2 Å². The fourth-order valence-corrected chi connectivity index (χ4v) is 10.5. The van der Waals surface area contributed by atoms with Crippen LogP contribution in [-0.2, 0) is 26.0 Å². The number of aryl methyl sites for hydroxylation is 1. The summed E-state index contributed by atoms with van der Waals surface area (Å²) in [6, 6.07) is 13.8. The Kier molecular flexibility index (Phi) is 12.3. The maximum Gasteiger partial charge on any atom is 0.246 e. The quantitative estimate of drug-likeness (QED) is 0.250. The van der Waals surface area contributed by atoms with Crippen LogP contribution in [0.1, 0.15) is 63.4 Å². The first-order valence-corrected chi connectivity index (χ1v) is 18.6. The summed E-state index contributed by atoms with van der Waals surface area (Å²) in [7, 11) is -3.95. The second-order valence-electron chi connectivity index (χ2n) is 12.5. The SMILES string of the molecule is O=C(COCC1CCCN1S(=O)(=O)c1c(Cl)cc(Cl)cc1Cl)NCC1CCC(C(CCc2ccccc2)N2CCCC2)CC1. The molecule has 1 saturated carbocycles. The van der Waals surface area contributed by atoms with E-state index in [9.17, 15) is 13.2 Å². The first kappa shape index (κ1) is 34.0. The molecule has 242 valence electrons. The number of benzene rings is 2. The van der Waals surface area contributed by atoms with E-state index in [2.05, 4.69) is 40.5 Å². The maximum absolute atomic E-state index is 13.4. The minimum Gasteiger partial charge on any atom is -0.370 e. The third-order valence-corrected chi connectivity index (χ3v) is 12.7. The molecule has 2 aliphatic heterocycles. The maximum atomic E-state index is 13.4. The zero-order valence-corrected chi connectivity index (χ0v) is 28.3. The van der Waals surface area contributed by atoms with E-state index in [4.69, 9.17) is 39.5 Å². The minimum atomic E-state index is -3.95. The van der Waals surface area contributed by atoms with Gasteiger partial charge in [-0.3, -0.25) is 4.79 Å². The van der Waals surface area contributed by atoms with Crippen molar-refractivity contribution in [2.24, 2.45) is 11.8 Å². The van der Waals surface area contributed by atoms with E-state index in [1.807, 2.05) is 0 Å². The summed E-state index contributed by atoms with van der Waals surface area (Å²) in [6.07, 6.45) is 11.0. The van der Waals surface area contributed by atoms with Gasteiger partial charge in [-0.2, -0.15) is 4.31 Å². The van der Waals surface area contributed by atoms with Gasteiger partial charge in [-0.05, 0) is 107 Å². The second kappa shape index (κ2) is 15.9. The highest BCUT2D eigenvalue weighted by atomic mass is 35.5. The highest BCUT2D eigenvalue weighted by molar-refractivity contribution is 7.89. The number of rotatable bonds is 13. The van der Waals surface area contributed by atoms with Gasteiger partial charge in [0.15, 0.2) is 0 Å². The molecule has 2 unspecified atom stereocenters. The molecule has 0 spiro atoms. The average Bonchev–Trinajstić information content (AvgIpc) is 3.70. The van der Waals surface area contributed by atoms with Gasteiger partial charge in [0.1, 0.15) is 11.5 Å². The Morgan fingerprint density at radius 3 is 2.30 bits per heavy atom. The van der Waals surface area contributed by atoms with Crippen molar-refractivity contribution in [2.45, 2.75) is 81.2 Å². The third kappa shape index (κ3) is 8.69. The number of ether oxygens (including phenoxy) is 1. The normalized spacial score (nSPS) is 24.0. The molecule has 2 aromatic rings. The van der Waals surface area contributed by atoms with Crippen LogP contribution in [0.15, 0.2) is 47.4 Å². The predicted molar refractivity (Wildman–Crippen MR) is 177 cm³/mol. The van der Waals surface area contributed by atoms with Crippen molar-refractivity contribution in [3.05, 3.63) is 63.1 Å². The van der Waals surface area contributed by atoms with E-state index in [0.29, 0.717) is 37.9 Å². The summed E-state index contributed by atoms with van der Waals surface area (Å²) < 4.78 is 33.9. The summed E-state index contributed by atoms with van der Waals surface area (Å²) in [5.74, 6) is 1.03. The molecule has 3 fully saturated rings. The van der Waals surface area contributed by atoms with Gasteiger partial charge in [0, 0.05) is 30.2 Å². The Bertz CT molecular complexity index is 1330. The highest BCUT2D eigenvalue weighted by Crippen LogP contribution is 2.38. The predicted octanol–water partition coefficient (Wildman–Crippen LogP) is 6.84. The van der Waals surface area contributed by atoms with E-state index in [1.54, 1.807) is 0 Å². The lowest BCUT2D eigenvalue weighted by Crippen LogP contribution is -2.42. The van der Waals surface area contributed by atoms with Gasteiger partial charge in [-0.25, -0.2) is 8.42 Å². The van der Waals surface area contributed by atoms with Crippen LogP contribution in [-0.4, -0.2) is 75.0 Å². The van der Waals surface area contributed by atoms with Crippen LogP contribution in [0.2, 0.25) is 15.1 Å². The van der Waals surface area contributed by atoms with Crippen molar-refractivity contribution in [3.63, 3.8) is 0 Å². The Labute approximate surface area is 277 Å². The van der Waals surface area contributed by atoms with Crippen molar-refractivity contribution in [1.29, 1.82) is 0 Å². The van der Waals surface area contributed by atoms with Gasteiger partial charge in [0.2, 0.25) is 15.9 Å². The van der Waals surface area contributed by atoms with Crippen LogP contribution in [0.25, 0.3) is 0 Å². The molecule has 0 aromatic heterocycles. The molecule has 7 nitrogen and oxygen atoms in total.